The van der Waals surface area contributed by atoms with Gasteiger partial charge in [-0.2, -0.15) is 0 Å². The van der Waals surface area contributed by atoms with Crippen LogP contribution in [-0.2, 0) is 0 Å². The summed E-state index contributed by atoms with van der Waals surface area (Å²) >= 11 is 0. The average Bonchev–Trinajstić information content (AvgIpc) is 3.11. The van der Waals surface area contributed by atoms with E-state index < -0.39 is 15.8 Å². The molecule has 0 aromatic heterocycles. The summed E-state index contributed by atoms with van der Waals surface area (Å²) in [4.78, 5) is 55.2. The van der Waals surface area contributed by atoms with Gasteiger partial charge in [-0.25, -0.2) is 0 Å². The largest absolute Gasteiger partial charge is 0.288 e. The van der Waals surface area contributed by atoms with Crippen molar-refractivity contribution >= 4 is 48.5 Å². The molecular formula is C52H54O4P2. The summed E-state index contributed by atoms with van der Waals surface area (Å²) in [6, 6.07) is 35.2. The Hall–Kier alpha value is -5.14. The molecule has 0 fully saturated rings. The van der Waals surface area contributed by atoms with Gasteiger partial charge in [0.25, 0.3) is 0 Å². The maximum Gasteiger partial charge on any atom is 0.197 e. The van der Waals surface area contributed by atoms with Crippen LogP contribution in [0.3, 0.4) is 0 Å². The molecule has 0 aliphatic carbocycles. The molecule has 296 valence electrons. The van der Waals surface area contributed by atoms with Crippen molar-refractivity contribution in [3.63, 3.8) is 0 Å². The van der Waals surface area contributed by atoms with E-state index in [1.54, 1.807) is 0 Å². The van der Waals surface area contributed by atoms with E-state index in [0.29, 0.717) is 22.3 Å². The third-order valence-electron chi connectivity index (χ3n) is 10.4. The molecule has 4 nitrogen and oxygen atoms in total. The quantitative estimate of drug-likeness (QED) is 0.129. The number of carbonyl (C=O) groups is 4. The minimum Gasteiger partial charge on any atom is -0.288 e. The van der Waals surface area contributed by atoms with Crippen LogP contribution in [0.25, 0.3) is 0 Å². The summed E-state index contributed by atoms with van der Waals surface area (Å²) in [6.07, 6.45) is 0. The SMILES string of the molecule is Cc1cc(C)c(C(=O)P(C(=O)c2c(C)cc(C)cc2C)c2ccccc2)c(C)c1.Cc1cc(C)c(C(=O)P(C(=O)c2c(C)cc(C)cc2C)c2ccccc2)c(C)c1. The molecule has 0 spiro atoms. The molecule has 0 bridgehead atoms. The van der Waals surface area contributed by atoms with Crippen molar-refractivity contribution in [1.82, 2.24) is 0 Å². The fourth-order valence-corrected chi connectivity index (χ4v) is 12.9. The molecule has 0 unspecified atom stereocenters. The smallest absolute Gasteiger partial charge is 0.197 e. The highest BCUT2D eigenvalue weighted by atomic mass is 31.1. The third kappa shape index (κ3) is 9.58. The van der Waals surface area contributed by atoms with Gasteiger partial charge in [-0.05, 0) is 138 Å². The zero-order valence-corrected chi connectivity index (χ0v) is 37.7. The number of aryl methyl sites for hydroxylation is 12. The number of hydrogen-bond acceptors (Lipinski definition) is 4. The van der Waals surface area contributed by atoms with E-state index in [2.05, 4.69) is 0 Å². The highest BCUT2D eigenvalue weighted by Gasteiger charge is 2.35. The maximum atomic E-state index is 13.8. The van der Waals surface area contributed by atoms with Crippen molar-refractivity contribution < 1.29 is 19.2 Å². The van der Waals surface area contributed by atoms with E-state index in [1.165, 1.54) is 0 Å². The minimum absolute atomic E-state index is 0.0643. The van der Waals surface area contributed by atoms with Gasteiger partial charge < -0.3 is 0 Å². The van der Waals surface area contributed by atoms with Crippen LogP contribution in [0.15, 0.2) is 109 Å². The lowest BCUT2D eigenvalue weighted by Crippen LogP contribution is -2.19. The van der Waals surface area contributed by atoms with E-state index in [9.17, 15) is 19.2 Å². The van der Waals surface area contributed by atoms with Gasteiger partial charge >= 0.3 is 0 Å². The summed E-state index contributed by atoms with van der Waals surface area (Å²) in [5, 5.41) is 1.60. The van der Waals surface area contributed by atoms with Gasteiger partial charge in [0.15, 0.2) is 22.1 Å². The van der Waals surface area contributed by atoms with Crippen LogP contribution in [-0.4, -0.2) is 22.1 Å². The van der Waals surface area contributed by atoms with Gasteiger partial charge in [0.1, 0.15) is 0 Å². The number of hydrogen-bond donors (Lipinski definition) is 0. The van der Waals surface area contributed by atoms with Crippen LogP contribution in [0, 0.1) is 83.1 Å². The summed E-state index contributed by atoms with van der Waals surface area (Å²) < 4.78 is 0. The zero-order valence-electron chi connectivity index (χ0n) is 35.9. The monoisotopic (exact) mass is 804 g/mol. The van der Waals surface area contributed by atoms with Crippen LogP contribution in [0.5, 0.6) is 0 Å². The van der Waals surface area contributed by atoms with Gasteiger partial charge in [-0.1, -0.05) is 131 Å². The Bertz CT molecular complexity index is 2140. The van der Waals surface area contributed by atoms with Crippen LogP contribution < -0.4 is 10.6 Å². The predicted molar refractivity (Wildman–Crippen MR) is 246 cm³/mol. The van der Waals surface area contributed by atoms with E-state index in [0.717, 1.165) is 77.4 Å². The first-order chi connectivity index (χ1) is 27.4. The first kappa shape index (κ1) is 44.0. The maximum absolute atomic E-state index is 13.8. The van der Waals surface area contributed by atoms with Gasteiger partial charge in [0, 0.05) is 22.3 Å². The standard InChI is InChI=1S/2C26H27O2P/c2*1-16-12-18(3)23(19(4)13-16)25(27)29(22-10-8-7-9-11-22)26(28)24-20(5)14-17(2)15-21(24)6/h2*7-15H,1-6H3. The second kappa shape index (κ2) is 18.6. The first-order valence-electron chi connectivity index (χ1n) is 19.6. The lowest BCUT2D eigenvalue weighted by molar-refractivity contribution is 0.103. The number of benzene rings is 6. The molecule has 0 heterocycles. The van der Waals surface area contributed by atoms with Crippen molar-refractivity contribution in [2.24, 2.45) is 0 Å². The van der Waals surface area contributed by atoms with Crippen LogP contribution in [0.4, 0.5) is 0 Å². The normalized spacial score (nSPS) is 11.0. The molecule has 0 N–H and O–H groups in total. The molecule has 0 aliphatic heterocycles. The Kier molecular flexibility index (Phi) is 14.1. The Balaban J connectivity index is 0.000000221. The molecule has 0 saturated carbocycles. The summed E-state index contributed by atoms with van der Waals surface area (Å²) in [7, 11) is -3.39. The zero-order chi connectivity index (χ0) is 42.6. The highest BCUT2D eigenvalue weighted by Crippen LogP contribution is 2.46. The van der Waals surface area contributed by atoms with Crippen molar-refractivity contribution in [3.8, 4) is 0 Å². The van der Waals surface area contributed by atoms with Crippen LogP contribution in [0.2, 0.25) is 0 Å². The van der Waals surface area contributed by atoms with Crippen molar-refractivity contribution in [3.05, 3.63) is 198 Å². The predicted octanol–water partition coefficient (Wildman–Crippen LogP) is 12.7. The minimum atomic E-state index is -1.69. The Morgan fingerprint density at radius 1 is 0.293 bits per heavy atom. The third-order valence-corrected chi connectivity index (χ3v) is 14.6. The molecular weight excluding hydrogens is 751 g/mol. The molecule has 58 heavy (non-hydrogen) atoms. The molecule has 6 rings (SSSR count). The second-order valence-corrected chi connectivity index (χ2v) is 19.7. The van der Waals surface area contributed by atoms with Gasteiger partial charge in [-0.3, -0.25) is 19.2 Å². The van der Waals surface area contributed by atoms with E-state index in [4.69, 9.17) is 0 Å². The molecule has 0 atom stereocenters. The van der Waals surface area contributed by atoms with Gasteiger partial charge in [0.05, 0.1) is 15.8 Å². The van der Waals surface area contributed by atoms with Crippen molar-refractivity contribution in [1.29, 1.82) is 0 Å². The number of carbonyl (C=O) groups excluding carboxylic acids is 4. The Morgan fingerprint density at radius 2 is 0.466 bits per heavy atom. The van der Waals surface area contributed by atoms with E-state index in [-0.39, 0.29) is 22.1 Å². The van der Waals surface area contributed by atoms with Crippen LogP contribution in [0.1, 0.15) is 108 Å². The fraction of sp³-hybridized carbons (Fsp3) is 0.231. The average molecular weight is 805 g/mol. The molecule has 0 aliphatic rings. The van der Waals surface area contributed by atoms with E-state index in [1.807, 2.05) is 192 Å². The number of rotatable bonds is 10. The lowest BCUT2D eigenvalue weighted by atomic mass is 10.0. The second-order valence-electron chi connectivity index (χ2n) is 15.7. The molecule has 6 heteroatoms. The topological polar surface area (TPSA) is 68.3 Å². The van der Waals surface area contributed by atoms with Gasteiger partial charge in [0.2, 0.25) is 0 Å². The molecule has 6 aromatic rings. The van der Waals surface area contributed by atoms with E-state index >= 15 is 0 Å². The molecule has 0 radical (unpaired) electrons. The summed E-state index contributed by atoms with van der Waals surface area (Å²) in [6.45, 7) is 23.8. The summed E-state index contributed by atoms with van der Waals surface area (Å²) in [5.74, 6) is 0. The Morgan fingerprint density at radius 3 is 0.638 bits per heavy atom. The fourth-order valence-electron chi connectivity index (χ4n) is 8.32. The Labute approximate surface area is 347 Å². The molecule has 0 saturated heterocycles. The first-order valence-corrected chi connectivity index (χ1v) is 22.3. The lowest BCUT2D eigenvalue weighted by Gasteiger charge is -2.21. The van der Waals surface area contributed by atoms with Crippen molar-refractivity contribution in [2.45, 2.75) is 83.1 Å². The molecule has 0 amide bonds. The summed E-state index contributed by atoms with van der Waals surface area (Å²) in [5.41, 5.74) is 14.4. The molecule has 6 aromatic carbocycles. The van der Waals surface area contributed by atoms with Crippen LogP contribution >= 0.6 is 15.8 Å². The van der Waals surface area contributed by atoms with Gasteiger partial charge in [-0.15, -0.1) is 0 Å². The highest BCUT2D eigenvalue weighted by molar-refractivity contribution is 7.96. The van der Waals surface area contributed by atoms with Crippen molar-refractivity contribution in [2.75, 3.05) is 0 Å².